The van der Waals surface area contributed by atoms with Crippen molar-refractivity contribution in [2.24, 2.45) is 0 Å². The fraction of sp³-hybridized carbons (Fsp3) is 0.444. The number of rotatable bonds is 2. The van der Waals surface area contributed by atoms with Crippen LogP contribution in [0.3, 0.4) is 0 Å². The summed E-state index contributed by atoms with van der Waals surface area (Å²) in [4.78, 5) is 4.05. The van der Waals surface area contributed by atoms with Gasteiger partial charge >= 0.3 is 0 Å². The molecule has 0 bridgehead atoms. The monoisotopic (exact) mass is 183 g/mol. The molecule has 1 aromatic rings. The number of aryl methyl sites for hydroxylation is 1. The summed E-state index contributed by atoms with van der Waals surface area (Å²) < 4.78 is 11.6. The van der Waals surface area contributed by atoms with E-state index in [1.807, 2.05) is 12.3 Å². The van der Waals surface area contributed by atoms with E-state index in [1.54, 1.807) is 19.5 Å². The molecule has 66 valence electrons. The second-order valence-corrected chi connectivity index (χ2v) is 6.47. The van der Waals surface area contributed by atoms with Crippen LogP contribution in [0.5, 0.6) is 0 Å². The van der Waals surface area contributed by atoms with Crippen LogP contribution in [0.4, 0.5) is 0 Å². The zero-order valence-electron chi connectivity index (χ0n) is 7.74. The Morgan fingerprint density at radius 1 is 1.42 bits per heavy atom. The lowest BCUT2D eigenvalue weighted by molar-refractivity contribution is 0.588. The fourth-order valence-electron chi connectivity index (χ4n) is 0.962. The molecule has 0 atom stereocenters. The zero-order valence-corrected chi connectivity index (χ0v) is 8.64. The lowest BCUT2D eigenvalue weighted by Gasteiger charge is -2.06. The molecule has 0 aliphatic carbocycles. The van der Waals surface area contributed by atoms with Gasteiger partial charge in [0.1, 0.15) is 7.14 Å². The predicted molar refractivity (Wildman–Crippen MR) is 52.7 cm³/mol. The van der Waals surface area contributed by atoms with Gasteiger partial charge in [-0.1, -0.05) is 6.92 Å². The minimum atomic E-state index is -2.12. The third kappa shape index (κ3) is 2.18. The molecule has 0 saturated heterocycles. The van der Waals surface area contributed by atoms with E-state index in [4.69, 9.17) is 0 Å². The summed E-state index contributed by atoms with van der Waals surface area (Å²) in [5, 5.41) is 0.877. The fourth-order valence-corrected chi connectivity index (χ4v) is 1.78. The summed E-state index contributed by atoms with van der Waals surface area (Å²) in [5.74, 6) is 0. The maximum absolute atomic E-state index is 11.6. The molecule has 0 spiro atoms. The van der Waals surface area contributed by atoms with E-state index < -0.39 is 7.14 Å². The van der Waals surface area contributed by atoms with Gasteiger partial charge < -0.3 is 4.57 Å². The van der Waals surface area contributed by atoms with Crippen LogP contribution in [-0.2, 0) is 11.0 Å². The normalized spacial score (nSPS) is 11.6. The maximum Gasteiger partial charge on any atom is 0.111 e. The molecule has 1 rings (SSSR count). The van der Waals surface area contributed by atoms with E-state index in [0.29, 0.717) is 0 Å². The van der Waals surface area contributed by atoms with Crippen LogP contribution in [0.25, 0.3) is 0 Å². The van der Waals surface area contributed by atoms with Crippen LogP contribution in [0, 0.1) is 0 Å². The number of aromatic nitrogens is 1. The Hall–Kier alpha value is -0.620. The SMILES string of the molecule is CCc1cncc(P(C)(C)=O)c1. The topological polar surface area (TPSA) is 30.0 Å². The second kappa shape index (κ2) is 3.40. The van der Waals surface area contributed by atoms with Gasteiger partial charge in [-0.2, -0.15) is 0 Å². The first-order valence-electron chi connectivity index (χ1n) is 4.03. The molecule has 0 amide bonds. The first kappa shape index (κ1) is 9.47. The van der Waals surface area contributed by atoms with Crippen molar-refractivity contribution < 1.29 is 4.57 Å². The van der Waals surface area contributed by atoms with Gasteiger partial charge in [-0.05, 0) is 31.4 Å². The van der Waals surface area contributed by atoms with Crippen molar-refractivity contribution in [3.8, 4) is 0 Å². The molecular formula is C9H14NOP. The maximum atomic E-state index is 11.6. The van der Waals surface area contributed by atoms with Crippen molar-refractivity contribution in [1.82, 2.24) is 4.98 Å². The molecule has 0 aromatic carbocycles. The summed E-state index contributed by atoms with van der Waals surface area (Å²) in [6.07, 6.45) is 4.46. The van der Waals surface area contributed by atoms with Crippen molar-refractivity contribution in [3.63, 3.8) is 0 Å². The van der Waals surface area contributed by atoms with Crippen molar-refractivity contribution in [2.45, 2.75) is 13.3 Å². The number of hydrogen-bond acceptors (Lipinski definition) is 2. The smallest absolute Gasteiger partial charge is 0.111 e. The molecule has 0 saturated carbocycles. The highest BCUT2D eigenvalue weighted by atomic mass is 31.2. The van der Waals surface area contributed by atoms with Gasteiger partial charge in [0.25, 0.3) is 0 Å². The molecular weight excluding hydrogens is 169 g/mol. The molecule has 0 N–H and O–H groups in total. The van der Waals surface area contributed by atoms with Gasteiger partial charge in [0.2, 0.25) is 0 Å². The summed E-state index contributed by atoms with van der Waals surface area (Å²) in [6.45, 7) is 5.60. The Balaban J connectivity index is 3.11. The summed E-state index contributed by atoms with van der Waals surface area (Å²) >= 11 is 0. The largest absolute Gasteiger partial charge is 0.319 e. The molecule has 12 heavy (non-hydrogen) atoms. The zero-order chi connectivity index (χ0) is 9.19. The molecule has 0 aliphatic heterocycles. The highest BCUT2D eigenvalue weighted by Crippen LogP contribution is 2.34. The minimum absolute atomic E-state index is 0.877. The molecule has 3 heteroatoms. The number of pyridine rings is 1. The van der Waals surface area contributed by atoms with Crippen LogP contribution in [0.15, 0.2) is 18.5 Å². The van der Waals surface area contributed by atoms with Gasteiger partial charge in [0.15, 0.2) is 0 Å². The molecule has 1 aromatic heterocycles. The molecule has 0 fully saturated rings. The third-order valence-corrected chi connectivity index (χ3v) is 3.30. The van der Waals surface area contributed by atoms with E-state index in [-0.39, 0.29) is 0 Å². The highest BCUT2D eigenvalue weighted by molar-refractivity contribution is 7.70. The van der Waals surface area contributed by atoms with Crippen LogP contribution in [0.2, 0.25) is 0 Å². The van der Waals surface area contributed by atoms with Gasteiger partial charge in [-0.25, -0.2) is 0 Å². The second-order valence-electron chi connectivity index (χ2n) is 3.26. The van der Waals surface area contributed by atoms with Crippen LogP contribution >= 0.6 is 7.14 Å². The highest BCUT2D eigenvalue weighted by Gasteiger charge is 2.10. The number of nitrogens with zero attached hydrogens (tertiary/aromatic N) is 1. The van der Waals surface area contributed by atoms with Gasteiger partial charge in [0, 0.05) is 17.7 Å². The summed E-state index contributed by atoms with van der Waals surface area (Å²) in [5.41, 5.74) is 1.15. The quantitative estimate of drug-likeness (QED) is 0.655. The van der Waals surface area contributed by atoms with Gasteiger partial charge in [-0.3, -0.25) is 4.98 Å². The lowest BCUT2D eigenvalue weighted by atomic mass is 10.2. The first-order valence-corrected chi connectivity index (χ1v) is 6.63. The van der Waals surface area contributed by atoms with E-state index in [2.05, 4.69) is 11.9 Å². The molecule has 1 heterocycles. The van der Waals surface area contributed by atoms with E-state index in [9.17, 15) is 4.57 Å². The molecule has 0 unspecified atom stereocenters. The Labute approximate surface area is 73.4 Å². The Morgan fingerprint density at radius 3 is 2.58 bits per heavy atom. The molecule has 0 aliphatic rings. The average Bonchev–Trinajstić information content (AvgIpc) is 2.03. The summed E-state index contributed by atoms with van der Waals surface area (Å²) in [6, 6.07) is 1.98. The van der Waals surface area contributed by atoms with Crippen molar-refractivity contribution >= 4 is 12.4 Å². The lowest BCUT2D eigenvalue weighted by Crippen LogP contribution is -2.04. The first-order chi connectivity index (χ1) is 5.54. The Morgan fingerprint density at radius 2 is 2.08 bits per heavy atom. The van der Waals surface area contributed by atoms with E-state index >= 15 is 0 Å². The van der Waals surface area contributed by atoms with Crippen LogP contribution in [0.1, 0.15) is 12.5 Å². The molecule has 0 radical (unpaired) electrons. The van der Waals surface area contributed by atoms with E-state index in [1.165, 1.54) is 0 Å². The Bertz CT molecular complexity index is 316. The predicted octanol–water partition coefficient (Wildman–Crippen LogP) is 1.89. The standard InChI is InChI=1S/C9H14NOP/c1-4-8-5-9(7-10-6-8)12(2,3)11/h5-7H,4H2,1-3H3. The molecule has 2 nitrogen and oxygen atoms in total. The summed E-state index contributed by atoms with van der Waals surface area (Å²) in [7, 11) is -2.12. The van der Waals surface area contributed by atoms with E-state index in [0.717, 1.165) is 17.3 Å². The minimum Gasteiger partial charge on any atom is -0.319 e. The number of hydrogen-bond donors (Lipinski definition) is 0. The van der Waals surface area contributed by atoms with Crippen molar-refractivity contribution in [3.05, 3.63) is 24.0 Å². The van der Waals surface area contributed by atoms with Crippen LogP contribution in [-0.4, -0.2) is 18.3 Å². The van der Waals surface area contributed by atoms with Gasteiger partial charge in [-0.15, -0.1) is 0 Å². The third-order valence-electron chi connectivity index (χ3n) is 1.81. The van der Waals surface area contributed by atoms with Crippen molar-refractivity contribution in [1.29, 1.82) is 0 Å². The van der Waals surface area contributed by atoms with Crippen LogP contribution < -0.4 is 5.30 Å². The van der Waals surface area contributed by atoms with Crippen molar-refractivity contribution in [2.75, 3.05) is 13.3 Å². The average molecular weight is 183 g/mol. The Kier molecular flexibility index (Phi) is 2.69. The van der Waals surface area contributed by atoms with Gasteiger partial charge in [0.05, 0.1) is 0 Å².